The number of imide groups is 1. The molecule has 2 bridgehead atoms. The van der Waals surface area contributed by atoms with Gasteiger partial charge in [0.25, 0.3) is 5.91 Å². The summed E-state index contributed by atoms with van der Waals surface area (Å²) < 4.78 is 21.0. The van der Waals surface area contributed by atoms with E-state index in [1.807, 2.05) is 30.3 Å². The Morgan fingerprint density at radius 1 is 0.982 bits per heavy atom. The van der Waals surface area contributed by atoms with Crippen LogP contribution in [0.5, 0.6) is 5.75 Å². The van der Waals surface area contributed by atoms with E-state index in [9.17, 15) is 28.7 Å². The van der Waals surface area contributed by atoms with Crippen LogP contribution in [0.2, 0.25) is 0 Å². The van der Waals surface area contributed by atoms with Crippen molar-refractivity contribution in [2.45, 2.75) is 36.8 Å². The number of carbonyl (C=O) groups is 4. The van der Waals surface area contributed by atoms with Gasteiger partial charge in [-0.1, -0.05) is 42.5 Å². The average Bonchev–Trinajstić information content (AvgIpc) is 3.78. The number of methoxy groups -OCH3 is 1. The van der Waals surface area contributed by atoms with Gasteiger partial charge in [-0.05, 0) is 90.8 Å². The molecule has 4 aliphatic rings. The summed E-state index contributed by atoms with van der Waals surface area (Å²) in [7, 11) is 3.22. The Morgan fingerprint density at radius 3 is 2.34 bits per heavy atom. The second-order valence-corrected chi connectivity index (χ2v) is 14.5. The number of fused-ring (bicyclic) bond motifs is 3. The number of piperazine rings is 1. The van der Waals surface area contributed by atoms with E-state index in [0.29, 0.717) is 88.6 Å². The first-order chi connectivity index (χ1) is 27.1. The van der Waals surface area contributed by atoms with Crippen LogP contribution in [0.4, 0.5) is 9.18 Å². The van der Waals surface area contributed by atoms with Gasteiger partial charge in [-0.25, -0.2) is 28.7 Å². The second kappa shape index (κ2) is 16.5. The van der Waals surface area contributed by atoms with E-state index in [1.165, 1.54) is 35.3 Å². The van der Waals surface area contributed by atoms with E-state index in [1.54, 1.807) is 52.2 Å². The summed E-state index contributed by atoms with van der Waals surface area (Å²) in [5.74, 6) is -1.99. The van der Waals surface area contributed by atoms with Gasteiger partial charge in [0, 0.05) is 45.7 Å². The first-order valence-corrected chi connectivity index (χ1v) is 18.6. The molecule has 294 valence electrons. The lowest BCUT2D eigenvalue weighted by Crippen LogP contribution is -2.74. The molecule has 2 N–H and O–H groups in total. The van der Waals surface area contributed by atoms with Crippen LogP contribution in [0.1, 0.15) is 46.7 Å². The third kappa shape index (κ3) is 7.82. The summed E-state index contributed by atoms with van der Waals surface area (Å²) in [6, 6.07) is 20.1. The lowest BCUT2D eigenvalue weighted by atomic mass is 9.72. The van der Waals surface area contributed by atoms with E-state index in [4.69, 9.17) is 4.74 Å². The number of carboxylic acids is 1. The summed E-state index contributed by atoms with van der Waals surface area (Å²) in [4.78, 5) is 59.6. The molecule has 1 aromatic heterocycles. The normalized spacial score (nSPS) is 20.9. The monoisotopic (exact) mass is 768 g/mol. The summed E-state index contributed by atoms with van der Waals surface area (Å²) in [6.45, 7) is 4.10. The number of nitrogens with zero attached hydrogens (tertiary/aromatic N) is 9. The van der Waals surface area contributed by atoms with Gasteiger partial charge in [0.1, 0.15) is 17.9 Å². The zero-order valence-corrected chi connectivity index (χ0v) is 31.3. The molecule has 5 heterocycles. The summed E-state index contributed by atoms with van der Waals surface area (Å²) in [6.07, 6.45) is 1.74. The van der Waals surface area contributed by atoms with Crippen molar-refractivity contribution < 1.29 is 33.4 Å². The number of aliphatic carboxylic acids is 1. The highest BCUT2D eigenvalue weighted by atomic mass is 19.1. The molecule has 0 saturated carbocycles. The molecule has 2 unspecified atom stereocenters. The fraction of sp³-hybridized carbons (Fsp3) is 0.410. The van der Waals surface area contributed by atoms with Gasteiger partial charge in [-0.3, -0.25) is 19.8 Å². The van der Waals surface area contributed by atoms with Crippen LogP contribution >= 0.6 is 0 Å². The van der Waals surface area contributed by atoms with Gasteiger partial charge < -0.3 is 19.6 Å². The molecule has 0 radical (unpaired) electrons. The Balaban J connectivity index is 1.05. The van der Waals surface area contributed by atoms with E-state index < -0.39 is 29.5 Å². The van der Waals surface area contributed by atoms with Crippen molar-refractivity contribution in [3.8, 4) is 11.4 Å². The first-order valence-electron chi connectivity index (χ1n) is 18.6. The number of rotatable bonds is 12. The Bertz CT molecular complexity index is 2020. The van der Waals surface area contributed by atoms with Crippen LogP contribution in [0.15, 0.2) is 79.1 Å². The molecule has 2 atom stereocenters. The minimum absolute atomic E-state index is 0.159. The van der Waals surface area contributed by atoms with E-state index in [0.717, 1.165) is 11.1 Å². The van der Waals surface area contributed by atoms with Crippen molar-refractivity contribution in [2.24, 2.45) is 0 Å². The lowest BCUT2D eigenvalue weighted by molar-refractivity contribution is -0.190. The van der Waals surface area contributed by atoms with E-state index in [2.05, 4.69) is 25.7 Å². The molecular formula is C39H45FN10O6. The molecule has 16 nitrogen and oxygen atoms in total. The minimum Gasteiger partial charge on any atom is -0.496 e. The number of hydrogen-bond acceptors (Lipinski definition) is 11. The van der Waals surface area contributed by atoms with Crippen molar-refractivity contribution in [3.63, 3.8) is 0 Å². The lowest BCUT2D eigenvalue weighted by Gasteiger charge is -2.52. The standard InChI is InChI=1S/C39H45FN10O6/c1-45(35(51)32-24-31(12-13-33(32)56-2)49-26-41-43-44-49)25-28(27-8-10-30(40)11-9-27)14-17-46-18-15-39(16-19-46,29-6-4-3-5-7-29)37(54)42-38(55)50-34(36(52)53)47-20-22-48(50)23-21-47/h3-13,24,26,28,34H,14-23,25H2,1-2H3,(H,52,53)(H,42,54,55). The third-order valence-corrected chi connectivity index (χ3v) is 11.3. The molecule has 8 rings (SSSR count). The maximum atomic E-state index is 14.2. The molecule has 0 spiro atoms. The molecule has 4 aliphatic heterocycles. The third-order valence-electron chi connectivity index (χ3n) is 11.3. The highest BCUT2D eigenvalue weighted by Crippen LogP contribution is 2.37. The van der Waals surface area contributed by atoms with Gasteiger partial charge in [-0.15, -0.1) is 5.10 Å². The molecule has 4 aromatic rings. The van der Waals surface area contributed by atoms with Crippen molar-refractivity contribution >= 4 is 23.8 Å². The maximum Gasteiger partial charge on any atom is 0.343 e. The number of likely N-dealkylation sites (tertiary alicyclic amines) is 1. The van der Waals surface area contributed by atoms with Crippen LogP contribution in [0.25, 0.3) is 5.69 Å². The zero-order chi connectivity index (χ0) is 39.4. The van der Waals surface area contributed by atoms with Crippen molar-refractivity contribution in [3.05, 3.63) is 102 Å². The van der Waals surface area contributed by atoms with Crippen LogP contribution < -0.4 is 10.1 Å². The number of benzene rings is 3. The Morgan fingerprint density at radius 2 is 1.70 bits per heavy atom. The van der Waals surface area contributed by atoms with Crippen LogP contribution in [-0.4, -0.2) is 147 Å². The number of hydrogen-bond donors (Lipinski definition) is 2. The fourth-order valence-electron chi connectivity index (χ4n) is 8.16. The Hall–Kier alpha value is -5.78. The number of carbonyl (C=O) groups excluding carboxylic acids is 3. The Kier molecular flexibility index (Phi) is 11.4. The van der Waals surface area contributed by atoms with E-state index in [-0.39, 0.29) is 17.6 Å². The van der Waals surface area contributed by atoms with Crippen molar-refractivity contribution in [1.29, 1.82) is 0 Å². The number of carboxylic acid groups (broad SMARTS) is 1. The number of piperidine rings is 1. The summed E-state index contributed by atoms with van der Waals surface area (Å²) in [5.41, 5.74) is 1.58. The molecule has 3 aromatic carbocycles. The van der Waals surface area contributed by atoms with Crippen LogP contribution in [0, 0.1) is 5.82 Å². The smallest absolute Gasteiger partial charge is 0.343 e. The topological polar surface area (TPSA) is 170 Å². The summed E-state index contributed by atoms with van der Waals surface area (Å²) >= 11 is 0. The number of nitrogens with one attached hydrogen (secondary N) is 1. The number of halogens is 1. The minimum atomic E-state index is -1.17. The Labute approximate surface area is 323 Å². The second-order valence-electron chi connectivity index (χ2n) is 14.5. The van der Waals surface area contributed by atoms with Gasteiger partial charge in [0.05, 0.1) is 23.8 Å². The first kappa shape index (κ1) is 38.5. The van der Waals surface area contributed by atoms with Crippen LogP contribution in [0.3, 0.4) is 0 Å². The number of likely N-dealkylation sites (N-methyl/N-ethyl adjacent to an activating group) is 1. The molecular weight excluding hydrogens is 723 g/mol. The SMILES string of the molecule is COc1ccc(-n2cnnn2)cc1C(=O)N(C)CC(CCN1CCC(C(=O)NC(=O)N2C(C(=O)O)N3CCN2CC3)(c2ccccc2)CC1)c1ccc(F)cc1. The predicted octanol–water partition coefficient (Wildman–Crippen LogP) is 2.58. The molecule has 4 amide bonds. The quantitative estimate of drug-likeness (QED) is 0.217. The highest BCUT2D eigenvalue weighted by molar-refractivity contribution is 6.01. The molecule has 4 saturated heterocycles. The number of ether oxygens (including phenoxy) is 1. The molecule has 17 heteroatoms. The summed E-state index contributed by atoms with van der Waals surface area (Å²) in [5, 5.41) is 26.7. The van der Waals surface area contributed by atoms with Gasteiger partial charge in [0.2, 0.25) is 12.1 Å². The molecule has 56 heavy (non-hydrogen) atoms. The van der Waals surface area contributed by atoms with Crippen LogP contribution in [-0.2, 0) is 15.0 Å². The number of aromatic nitrogens is 4. The zero-order valence-electron chi connectivity index (χ0n) is 31.3. The number of tetrazole rings is 1. The van der Waals surface area contributed by atoms with Crippen molar-refractivity contribution in [2.75, 3.05) is 66.5 Å². The predicted molar refractivity (Wildman–Crippen MR) is 200 cm³/mol. The molecule has 0 aliphatic carbocycles. The number of urea groups is 1. The fourth-order valence-corrected chi connectivity index (χ4v) is 8.16. The van der Waals surface area contributed by atoms with Gasteiger partial charge >= 0.3 is 12.0 Å². The highest BCUT2D eigenvalue weighted by Gasteiger charge is 2.49. The van der Waals surface area contributed by atoms with Gasteiger partial charge in [-0.2, -0.15) is 0 Å². The van der Waals surface area contributed by atoms with Crippen molar-refractivity contribution in [1.82, 2.24) is 50.2 Å². The largest absolute Gasteiger partial charge is 0.496 e. The maximum absolute atomic E-state index is 14.2. The number of hydrazine groups is 1. The molecule has 4 fully saturated rings. The average molecular weight is 769 g/mol. The van der Waals surface area contributed by atoms with Gasteiger partial charge in [0.15, 0.2) is 0 Å². The van der Waals surface area contributed by atoms with E-state index >= 15 is 0 Å². The number of amides is 4.